The summed E-state index contributed by atoms with van der Waals surface area (Å²) in [6.07, 6.45) is 0. The molecule has 1 nitrogen and oxygen atoms in total. The molecule has 0 spiro atoms. The first-order chi connectivity index (χ1) is 4.48. The molecular weight excluding hydrogens is 164 g/mol. The molecular formula is C7H15ClOSi. The van der Waals surface area contributed by atoms with Gasteiger partial charge >= 0.3 is 7.63 Å². The summed E-state index contributed by atoms with van der Waals surface area (Å²) >= 11 is 5.96. The Balaban J connectivity index is 3.56. The SMILES string of the molecule is C=C[Si](C)(Cl)OCC(C)C. The van der Waals surface area contributed by atoms with Crippen LogP contribution in [0.5, 0.6) is 0 Å². The van der Waals surface area contributed by atoms with Gasteiger partial charge in [-0.2, -0.15) is 0 Å². The molecule has 0 saturated heterocycles. The maximum atomic E-state index is 5.96. The first kappa shape index (κ1) is 10.2. The van der Waals surface area contributed by atoms with Crippen molar-refractivity contribution >= 4 is 18.7 Å². The molecule has 1 atom stereocenters. The van der Waals surface area contributed by atoms with E-state index in [1.807, 2.05) is 6.55 Å². The Morgan fingerprint density at radius 2 is 2.20 bits per heavy atom. The van der Waals surface area contributed by atoms with Crippen LogP contribution in [0, 0.1) is 5.92 Å². The van der Waals surface area contributed by atoms with Gasteiger partial charge in [0, 0.05) is 6.61 Å². The molecule has 3 heteroatoms. The minimum Gasteiger partial charge on any atom is -0.400 e. The van der Waals surface area contributed by atoms with Gasteiger partial charge in [0.1, 0.15) is 0 Å². The lowest BCUT2D eigenvalue weighted by Gasteiger charge is -2.16. The van der Waals surface area contributed by atoms with Gasteiger partial charge in [0.25, 0.3) is 0 Å². The average molecular weight is 179 g/mol. The highest BCUT2D eigenvalue weighted by Gasteiger charge is 2.21. The van der Waals surface area contributed by atoms with E-state index in [-0.39, 0.29) is 0 Å². The van der Waals surface area contributed by atoms with Gasteiger partial charge in [-0.05, 0) is 12.5 Å². The predicted molar refractivity (Wildman–Crippen MR) is 48.5 cm³/mol. The van der Waals surface area contributed by atoms with Gasteiger partial charge < -0.3 is 4.43 Å². The van der Waals surface area contributed by atoms with E-state index < -0.39 is 7.63 Å². The summed E-state index contributed by atoms with van der Waals surface area (Å²) in [6, 6.07) is 0. The van der Waals surface area contributed by atoms with E-state index in [9.17, 15) is 0 Å². The Labute approximate surface area is 68.9 Å². The molecule has 0 aromatic carbocycles. The van der Waals surface area contributed by atoms with Gasteiger partial charge in [0.15, 0.2) is 0 Å². The fraction of sp³-hybridized carbons (Fsp3) is 0.714. The molecule has 0 aliphatic rings. The first-order valence-electron chi connectivity index (χ1n) is 3.44. The quantitative estimate of drug-likeness (QED) is 0.475. The lowest BCUT2D eigenvalue weighted by Crippen LogP contribution is -2.26. The molecule has 0 N–H and O–H groups in total. The highest BCUT2D eigenvalue weighted by Crippen LogP contribution is 2.12. The maximum absolute atomic E-state index is 5.96. The molecule has 1 unspecified atom stereocenters. The Hall–Kier alpha value is 0.207. The summed E-state index contributed by atoms with van der Waals surface area (Å²) in [5, 5.41) is 0. The fourth-order valence-electron chi connectivity index (χ4n) is 0.389. The van der Waals surface area contributed by atoms with Crippen molar-refractivity contribution in [1.29, 1.82) is 0 Å². The zero-order valence-corrected chi connectivity index (χ0v) is 8.61. The first-order valence-corrected chi connectivity index (χ1v) is 6.94. The van der Waals surface area contributed by atoms with Crippen LogP contribution in [0.2, 0.25) is 6.55 Å². The Kier molecular flexibility index (Phi) is 4.25. The maximum Gasteiger partial charge on any atom is 0.311 e. The van der Waals surface area contributed by atoms with Crippen molar-refractivity contribution in [2.24, 2.45) is 5.92 Å². The second-order valence-electron chi connectivity index (χ2n) is 2.89. The largest absolute Gasteiger partial charge is 0.400 e. The van der Waals surface area contributed by atoms with Crippen molar-refractivity contribution in [1.82, 2.24) is 0 Å². The zero-order chi connectivity index (χ0) is 8.20. The molecule has 10 heavy (non-hydrogen) atoms. The lowest BCUT2D eigenvalue weighted by molar-refractivity contribution is 0.274. The third-order valence-electron chi connectivity index (χ3n) is 1.06. The van der Waals surface area contributed by atoms with Gasteiger partial charge in [0.2, 0.25) is 0 Å². The average Bonchev–Trinajstić information content (AvgIpc) is 1.85. The van der Waals surface area contributed by atoms with Gasteiger partial charge in [0.05, 0.1) is 0 Å². The molecule has 0 aromatic heterocycles. The van der Waals surface area contributed by atoms with Crippen LogP contribution >= 0.6 is 11.1 Å². The molecule has 0 aromatic rings. The van der Waals surface area contributed by atoms with E-state index in [4.69, 9.17) is 15.5 Å². The van der Waals surface area contributed by atoms with Crippen LogP contribution in [0.4, 0.5) is 0 Å². The molecule has 0 bridgehead atoms. The van der Waals surface area contributed by atoms with E-state index >= 15 is 0 Å². The van der Waals surface area contributed by atoms with Crippen LogP contribution in [0.25, 0.3) is 0 Å². The van der Waals surface area contributed by atoms with Gasteiger partial charge in [-0.1, -0.05) is 19.5 Å². The molecule has 0 rings (SSSR count). The van der Waals surface area contributed by atoms with Crippen molar-refractivity contribution < 1.29 is 4.43 Å². The van der Waals surface area contributed by atoms with E-state index in [0.717, 1.165) is 6.61 Å². The van der Waals surface area contributed by atoms with Crippen LogP contribution in [0.15, 0.2) is 12.3 Å². The number of hydrogen-bond donors (Lipinski definition) is 0. The van der Waals surface area contributed by atoms with Gasteiger partial charge in [-0.15, -0.1) is 17.7 Å². The van der Waals surface area contributed by atoms with Gasteiger partial charge in [-0.25, -0.2) is 0 Å². The summed E-state index contributed by atoms with van der Waals surface area (Å²) in [5.74, 6) is 0.547. The highest BCUT2D eigenvalue weighted by atomic mass is 35.6. The number of hydrogen-bond acceptors (Lipinski definition) is 1. The van der Waals surface area contributed by atoms with Crippen LogP contribution in [-0.4, -0.2) is 14.2 Å². The molecule has 0 saturated carbocycles. The molecule has 0 heterocycles. The van der Waals surface area contributed by atoms with Crippen molar-refractivity contribution in [2.75, 3.05) is 6.61 Å². The van der Waals surface area contributed by atoms with Crippen molar-refractivity contribution in [3.63, 3.8) is 0 Å². The van der Waals surface area contributed by atoms with E-state index in [2.05, 4.69) is 20.4 Å². The van der Waals surface area contributed by atoms with Crippen molar-refractivity contribution in [3.8, 4) is 0 Å². The number of halogens is 1. The summed E-state index contributed by atoms with van der Waals surface area (Å²) in [4.78, 5) is 0. The normalized spacial score (nSPS) is 16.9. The van der Waals surface area contributed by atoms with Crippen molar-refractivity contribution in [2.45, 2.75) is 20.4 Å². The lowest BCUT2D eigenvalue weighted by atomic mass is 10.2. The third-order valence-corrected chi connectivity index (χ3v) is 3.31. The molecule has 0 amide bonds. The summed E-state index contributed by atoms with van der Waals surface area (Å²) in [5.41, 5.74) is 1.73. The van der Waals surface area contributed by atoms with Gasteiger partial charge in [-0.3, -0.25) is 0 Å². The van der Waals surface area contributed by atoms with E-state index in [0.29, 0.717) is 5.92 Å². The Bertz CT molecular complexity index is 112. The Morgan fingerprint density at radius 3 is 2.50 bits per heavy atom. The molecule has 0 aliphatic heterocycles. The van der Waals surface area contributed by atoms with Crippen LogP contribution in [0.3, 0.4) is 0 Å². The Morgan fingerprint density at radius 1 is 1.70 bits per heavy atom. The summed E-state index contributed by atoms with van der Waals surface area (Å²) in [7, 11) is -2.00. The topological polar surface area (TPSA) is 9.23 Å². The minimum absolute atomic E-state index is 0.547. The molecule has 0 aliphatic carbocycles. The zero-order valence-electron chi connectivity index (χ0n) is 6.86. The number of rotatable bonds is 4. The third kappa shape index (κ3) is 5.03. The highest BCUT2D eigenvalue weighted by molar-refractivity contribution is 7.18. The monoisotopic (exact) mass is 178 g/mol. The molecule has 0 fully saturated rings. The second kappa shape index (κ2) is 4.16. The predicted octanol–water partition coefficient (Wildman–Crippen LogP) is 2.70. The van der Waals surface area contributed by atoms with E-state index in [1.54, 1.807) is 5.70 Å². The second-order valence-corrected chi connectivity index (χ2v) is 7.82. The minimum atomic E-state index is -2.00. The molecule has 60 valence electrons. The fourth-order valence-corrected chi connectivity index (χ4v) is 1.35. The standard InChI is InChI=1S/C7H15ClOSi/c1-5-10(4,8)9-6-7(2)3/h5,7H,1,6H2,2-4H3. The van der Waals surface area contributed by atoms with E-state index in [1.165, 1.54) is 0 Å². The van der Waals surface area contributed by atoms with Crippen LogP contribution < -0.4 is 0 Å². The summed E-state index contributed by atoms with van der Waals surface area (Å²) in [6.45, 7) is 10.5. The molecule has 0 radical (unpaired) electrons. The van der Waals surface area contributed by atoms with Crippen molar-refractivity contribution in [3.05, 3.63) is 12.3 Å². The van der Waals surface area contributed by atoms with Crippen LogP contribution in [0.1, 0.15) is 13.8 Å². The van der Waals surface area contributed by atoms with Crippen LogP contribution in [-0.2, 0) is 4.43 Å². The summed E-state index contributed by atoms with van der Waals surface area (Å²) < 4.78 is 5.43. The smallest absolute Gasteiger partial charge is 0.311 e.